The predicted octanol–water partition coefficient (Wildman–Crippen LogP) is 4.25. The number of anilines is 1. The SMILES string of the molecule is CC(SC(=S)N1CCCC1)C(=O)Nc1nc(-c2ccccc2)cs1. The molecular formula is C17H19N3OS3. The van der Waals surface area contributed by atoms with Crippen molar-refractivity contribution in [2.24, 2.45) is 0 Å². The topological polar surface area (TPSA) is 45.2 Å². The number of amides is 1. The van der Waals surface area contributed by atoms with E-state index in [4.69, 9.17) is 12.2 Å². The van der Waals surface area contributed by atoms with Crippen LogP contribution in [-0.2, 0) is 4.79 Å². The van der Waals surface area contributed by atoms with Gasteiger partial charge in [0.1, 0.15) is 4.32 Å². The number of aromatic nitrogens is 1. The second-order valence-corrected chi connectivity index (χ2v) is 8.45. The van der Waals surface area contributed by atoms with Crippen LogP contribution in [0.1, 0.15) is 19.8 Å². The molecule has 2 aromatic rings. The van der Waals surface area contributed by atoms with E-state index < -0.39 is 0 Å². The van der Waals surface area contributed by atoms with Crippen LogP contribution >= 0.6 is 35.3 Å². The third-order valence-electron chi connectivity index (χ3n) is 3.81. The first-order valence-electron chi connectivity index (χ1n) is 7.91. The summed E-state index contributed by atoms with van der Waals surface area (Å²) in [4.78, 5) is 19.0. The van der Waals surface area contributed by atoms with Crippen LogP contribution in [0, 0.1) is 0 Å². The van der Waals surface area contributed by atoms with Gasteiger partial charge in [0.15, 0.2) is 5.13 Å². The number of carbonyl (C=O) groups excluding carboxylic acids is 1. The maximum absolute atomic E-state index is 12.4. The van der Waals surface area contributed by atoms with E-state index in [1.807, 2.05) is 42.6 Å². The molecule has 3 rings (SSSR count). The van der Waals surface area contributed by atoms with Gasteiger partial charge in [-0.2, -0.15) is 0 Å². The molecule has 1 fully saturated rings. The third-order valence-corrected chi connectivity index (χ3v) is 6.15. The standard InChI is InChI=1S/C17H19N3OS3/c1-12(24-17(22)20-9-5-6-10-20)15(21)19-16-18-14(11-23-16)13-7-3-2-4-8-13/h2-4,7-8,11-12H,5-6,9-10H2,1H3,(H,18,19,21). The van der Waals surface area contributed by atoms with E-state index in [1.165, 1.54) is 35.9 Å². The Hall–Kier alpha value is -1.44. The maximum atomic E-state index is 12.4. The minimum atomic E-state index is -0.234. The zero-order valence-electron chi connectivity index (χ0n) is 13.4. The third kappa shape index (κ3) is 4.34. The lowest BCUT2D eigenvalue weighted by Crippen LogP contribution is -2.29. The molecule has 0 saturated carbocycles. The molecule has 0 spiro atoms. The van der Waals surface area contributed by atoms with Gasteiger partial charge < -0.3 is 10.2 Å². The van der Waals surface area contributed by atoms with Crippen LogP contribution in [0.4, 0.5) is 5.13 Å². The molecule has 0 bridgehead atoms. The number of likely N-dealkylation sites (tertiary alicyclic amines) is 1. The van der Waals surface area contributed by atoms with Crippen molar-refractivity contribution in [1.29, 1.82) is 0 Å². The Balaban J connectivity index is 1.56. The number of thiocarbonyl (C=S) groups is 1. The summed E-state index contributed by atoms with van der Waals surface area (Å²) in [5.74, 6) is -0.0597. The van der Waals surface area contributed by atoms with Crippen molar-refractivity contribution in [1.82, 2.24) is 9.88 Å². The maximum Gasteiger partial charge on any atom is 0.239 e. The minimum absolute atomic E-state index is 0.0597. The highest BCUT2D eigenvalue weighted by atomic mass is 32.2. The number of thiazole rings is 1. The molecule has 1 amide bonds. The molecule has 0 radical (unpaired) electrons. The number of benzene rings is 1. The van der Waals surface area contributed by atoms with E-state index in [1.54, 1.807) is 0 Å². The second kappa shape index (κ2) is 8.09. The lowest BCUT2D eigenvalue weighted by Gasteiger charge is -2.20. The first-order chi connectivity index (χ1) is 11.6. The van der Waals surface area contributed by atoms with E-state index in [9.17, 15) is 4.79 Å². The summed E-state index contributed by atoms with van der Waals surface area (Å²) >= 11 is 8.33. The van der Waals surface area contributed by atoms with Crippen LogP contribution in [0.15, 0.2) is 35.7 Å². The number of hydrogen-bond donors (Lipinski definition) is 1. The van der Waals surface area contributed by atoms with Crippen molar-refractivity contribution in [2.75, 3.05) is 18.4 Å². The van der Waals surface area contributed by atoms with E-state index in [-0.39, 0.29) is 11.2 Å². The molecule has 1 aromatic heterocycles. The number of nitrogens with zero attached hydrogens (tertiary/aromatic N) is 2. The van der Waals surface area contributed by atoms with Gasteiger partial charge in [-0.05, 0) is 19.8 Å². The highest BCUT2D eigenvalue weighted by Crippen LogP contribution is 2.26. The summed E-state index contributed by atoms with van der Waals surface area (Å²) in [7, 11) is 0. The van der Waals surface area contributed by atoms with Crippen LogP contribution in [-0.4, -0.2) is 38.5 Å². The highest BCUT2D eigenvalue weighted by Gasteiger charge is 2.22. The Labute approximate surface area is 155 Å². The highest BCUT2D eigenvalue weighted by molar-refractivity contribution is 8.23. The van der Waals surface area contributed by atoms with Crippen LogP contribution in [0.5, 0.6) is 0 Å². The average molecular weight is 378 g/mol. The molecular weight excluding hydrogens is 358 g/mol. The van der Waals surface area contributed by atoms with Crippen molar-refractivity contribution in [3.05, 3.63) is 35.7 Å². The smallest absolute Gasteiger partial charge is 0.239 e. The molecule has 1 aromatic carbocycles. The minimum Gasteiger partial charge on any atom is -0.358 e. The molecule has 1 unspecified atom stereocenters. The van der Waals surface area contributed by atoms with E-state index in [2.05, 4.69) is 15.2 Å². The quantitative estimate of drug-likeness (QED) is 0.807. The molecule has 7 heteroatoms. The van der Waals surface area contributed by atoms with Gasteiger partial charge in [0.05, 0.1) is 10.9 Å². The van der Waals surface area contributed by atoms with Crippen LogP contribution in [0.2, 0.25) is 0 Å². The lowest BCUT2D eigenvalue weighted by molar-refractivity contribution is -0.115. The fraction of sp³-hybridized carbons (Fsp3) is 0.353. The van der Waals surface area contributed by atoms with Crippen molar-refractivity contribution in [3.8, 4) is 11.3 Å². The molecule has 4 nitrogen and oxygen atoms in total. The summed E-state index contributed by atoms with van der Waals surface area (Å²) < 4.78 is 0.819. The van der Waals surface area contributed by atoms with Crippen LogP contribution < -0.4 is 5.32 Å². The van der Waals surface area contributed by atoms with E-state index in [0.29, 0.717) is 5.13 Å². The largest absolute Gasteiger partial charge is 0.358 e. The second-order valence-electron chi connectivity index (χ2n) is 5.61. The van der Waals surface area contributed by atoms with Crippen molar-refractivity contribution in [2.45, 2.75) is 25.0 Å². The molecule has 1 aliphatic rings. The van der Waals surface area contributed by atoms with Gasteiger partial charge in [-0.25, -0.2) is 4.98 Å². The molecule has 24 heavy (non-hydrogen) atoms. The molecule has 1 atom stereocenters. The fourth-order valence-corrected chi connectivity index (χ4v) is 4.60. The summed E-state index contributed by atoms with van der Waals surface area (Å²) in [6, 6.07) is 9.94. The number of nitrogens with one attached hydrogen (secondary N) is 1. The number of rotatable bonds is 4. The van der Waals surface area contributed by atoms with Crippen molar-refractivity contribution in [3.63, 3.8) is 0 Å². The molecule has 126 valence electrons. The van der Waals surface area contributed by atoms with Gasteiger partial charge in [0, 0.05) is 24.0 Å². The average Bonchev–Trinajstić information content (AvgIpc) is 3.27. The number of hydrogen-bond acceptors (Lipinski definition) is 5. The Kier molecular flexibility index (Phi) is 5.86. The summed E-state index contributed by atoms with van der Waals surface area (Å²) in [5, 5.41) is 5.24. The lowest BCUT2D eigenvalue weighted by atomic mass is 10.2. The summed E-state index contributed by atoms with van der Waals surface area (Å²) in [6.45, 7) is 3.90. The Morgan fingerprint density at radius 3 is 2.75 bits per heavy atom. The molecule has 0 aliphatic carbocycles. The van der Waals surface area contributed by atoms with Gasteiger partial charge in [-0.3, -0.25) is 4.79 Å². The summed E-state index contributed by atoms with van der Waals surface area (Å²) in [6.07, 6.45) is 2.37. The summed E-state index contributed by atoms with van der Waals surface area (Å²) in [5.41, 5.74) is 1.93. The molecule has 1 N–H and O–H groups in total. The molecule has 1 saturated heterocycles. The predicted molar refractivity (Wildman–Crippen MR) is 107 cm³/mol. The number of carbonyl (C=O) groups is 1. The fourth-order valence-electron chi connectivity index (χ4n) is 2.46. The monoisotopic (exact) mass is 377 g/mol. The van der Waals surface area contributed by atoms with Crippen molar-refractivity contribution >= 4 is 50.7 Å². The Morgan fingerprint density at radius 2 is 2.04 bits per heavy atom. The van der Waals surface area contributed by atoms with Gasteiger partial charge in [-0.1, -0.05) is 54.3 Å². The molecule has 2 heterocycles. The van der Waals surface area contributed by atoms with Crippen LogP contribution in [0.3, 0.4) is 0 Å². The van der Waals surface area contributed by atoms with Gasteiger partial charge in [-0.15, -0.1) is 11.3 Å². The Morgan fingerprint density at radius 1 is 1.33 bits per heavy atom. The first kappa shape index (κ1) is 17.4. The number of thioether (sulfide) groups is 1. The Bertz CT molecular complexity index is 711. The van der Waals surface area contributed by atoms with Crippen LogP contribution in [0.25, 0.3) is 11.3 Å². The van der Waals surface area contributed by atoms with Gasteiger partial charge in [0.2, 0.25) is 5.91 Å². The normalized spacial score (nSPS) is 15.3. The zero-order valence-corrected chi connectivity index (χ0v) is 15.8. The molecule has 1 aliphatic heterocycles. The van der Waals surface area contributed by atoms with Gasteiger partial charge >= 0.3 is 0 Å². The first-order valence-corrected chi connectivity index (χ1v) is 10.1. The zero-order chi connectivity index (χ0) is 16.9. The van der Waals surface area contributed by atoms with E-state index >= 15 is 0 Å². The van der Waals surface area contributed by atoms with Crippen molar-refractivity contribution < 1.29 is 4.79 Å². The van der Waals surface area contributed by atoms with E-state index in [0.717, 1.165) is 28.7 Å². The van der Waals surface area contributed by atoms with Gasteiger partial charge in [0.25, 0.3) is 0 Å².